The summed E-state index contributed by atoms with van der Waals surface area (Å²) < 4.78 is 29.7. The molecule has 5 nitrogen and oxygen atoms in total. The number of nitrogens with zero attached hydrogens (tertiary/aromatic N) is 4. The quantitative estimate of drug-likeness (QED) is 0.680. The normalized spacial score (nSPS) is 15.4. The number of aromatic hydroxyl groups is 1. The van der Waals surface area contributed by atoms with Crippen molar-refractivity contribution >= 4 is 28.3 Å². The Morgan fingerprint density at radius 2 is 1.79 bits per heavy atom. The average molecular weight is 419 g/mol. The SMILES string of the molecule is CC(C)N1CCN(c2ncnc3c(F)c(-c4c(O)cccc4F)c(Cl)cc23)CC1. The first kappa shape index (κ1) is 19.8. The lowest BCUT2D eigenvalue weighted by molar-refractivity contribution is 0.209. The molecule has 1 fully saturated rings. The van der Waals surface area contributed by atoms with Crippen LogP contribution in [-0.4, -0.2) is 52.2 Å². The first-order chi connectivity index (χ1) is 13.9. The van der Waals surface area contributed by atoms with Crippen molar-refractivity contribution in [3.8, 4) is 16.9 Å². The zero-order valence-electron chi connectivity index (χ0n) is 16.2. The van der Waals surface area contributed by atoms with E-state index in [0.717, 1.165) is 32.2 Å². The highest BCUT2D eigenvalue weighted by atomic mass is 35.5. The Balaban J connectivity index is 1.82. The van der Waals surface area contributed by atoms with E-state index in [0.29, 0.717) is 17.2 Å². The summed E-state index contributed by atoms with van der Waals surface area (Å²) in [4.78, 5) is 12.9. The monoisotopic (exact) mass is 418 g/mol. The van der Waals surface area contributed by atoms with Gasteiger partial charge in [0.1, 0.15) is 29.2 Å². The van der Waals surface area contributed by atoms with E-state index < -0.39 is 11.6 Å². The van der Waals surface area contributed by atoms with Crippen LogP contribution in [0.15, 0.2) is 30.6 Å². The highest BCUT2D eigenvalue weighted by Crippen LogP contribution is 2.42. The maximum absolute atomic E-state index is 15.4. The second kappa shape index (κ2) is 7.72. The van der Waals surface area contributed by atoms with Crippen LogP contribution in [0.25, 0.3) is 22.0 Å². The minimum Gasteiger partial charge on any atom is -0.507 e. The van der Waals surface area contributed by atoms with Crippen molar-refractivity contribution in [1.82, 2.24) is 14.9 Å². The highest BCUT2D eigenvalue weighted by molar-refractivity contribution is 6.34. The topological polar surface area (TPSA) is 52.5 Å². The summed E-state index contributed by atoms with van der Waals surface area (Å²) >= 11 is 6.36. The first-order valence-corrected chi connectivity index (χ1v) is 9.85. The third kappa shape index (κ3) is 3.49. The molecule has 0 unspecified atom stereocenters. The number of anilines is 1. The van der Waals surface area contributed by atoms with Crippen LogP contribution in [0.2, 0.25) is 5.02 Å². The number of halogens is 3. The van der Waals surface area contributed by atoms with Crippen molar-refractivity contribution in [2.75, 3.05) is 31.1 Å². The van der Waals surface area contributed by atoms with Gasteiger partial charge in [-0.1, -0.05) is 17.7 Å². The smallest absolute Gasteiger partial charge is 0.159 e. The lowest BCUT2D eigenvalue weighted by atomic mass is 10.0. The molecule has 1 saturated heterocycles. The van der Waals surface area contributed by atoms with Crippen LogP contribution in [0, 0.1) is 11.6 Å². The predicted molar refractivity (Wildman–Crippen MR) is 110 cm³/mol. The van der Waals surface area contributed by atoms with E-state index in [1.165, 1.54) is 18.5 Å². The third-order valence-electron chi connectivity index (χ3n) is 5.39. The van der Waals surface area contributed by atoms with Gasteiger partial charge in [-0.15, -0.1) is 0 Å². The Hall–Kier alpha value is -2.51. The van der Waals surface area contributed by atoms with Gasteiger partial charge in [0.15, 0.2) is 5.82 Å². The van der Waals surface area contributed by atoms with Gasteiger partial charge < -0.3 is 10.0 Å². The summed E-state index contributed by atoms with van der Waals surface area (Å²) in [7, 11) is 0. The molecule has 1 aliphatic heterocycles. The molecule has 8 heteroatoms. The number of hydrogen-bond acceptors (Lipinski definition) is 5. The van der Waals surface area contributed by atoms with E-state index in [1.54, 1.807) is 6.07 Å². The van der Waals surface area contributed by atoms with Crippen molar-refractivity contribution in [1.29, 1.82) is 0 Å². The maximum atomic E-state index is 15.4. The van der Waals surface area contributed by atoms with E-state index in [2.05, 4.69) is 33.6 Å². The first-order valence-electron chi connectivity index (χ1n) is 9.48. The molecule has 4 rings (SSSR count). The van der Waals surface area contributed by atoms with E-state index in [9.17, 15) is 9.50 Å². The third-order valence-corrected chi connectivity index (χ3v) is 5.68. The van der Waals surface area contributed by atoms with Gasteiger partial charge in [0.25, 0.3) is 0 Å². The van der Waals surface area contributed by atoms with Gasteiger partial charge in [-0.3, -0.25) is 4.90 Å². The number of aromatic nitrogens is 2. The van der Waals surface area contributed by atoms with Crippen LogP contribution >= 0.6 is 11.6 Å². The molecule has 2 heterocycles. The van der Waals surface area contributed by atoms with Crippen LogP contribution in [0.3, 0.4) is 0 Å². The number of rotatable bonds is 3. The van der Waals surface area contributed by atoms with Crippen molar-refractivity contribution in [2.24, 2.45) is 0 Å². The maximum Gasteiger partial charge on any atom is 0.159 e. The van der Waals surface area contributed by atoms with Crippen molar-refractivity contribution in [3.05, 3.63) is 47.2 Å². The molecule has 0 atom stereocenters. The fraction of sp³-hybridized carbons (Fsp3) is 0.333. The molecule has 2 aromatic carbocycles. The number of fused-ring (bicyclic) bond motifs is 1. The number of hydrogen-bond donors (Lipinski definition) is 1. The molecule has 0 bridgehead atoms. The second-order valence-corrected chi connectivity index (χ2v) is 7.80. The van der Waals surface area contributed by atoms with Gasteiger partial charge in [0.05, 0.1) is 10.6 Å². The Morgan fingerprint density at radius 1 is 1.07 bits per heavy atom. The van der Waals surface area contributed by atoms with Crippen LogP contribution in [0.4, 0.5) is 14.6 Å². The molecule has 152 valence electrons. The molecule has 0 spiro atoms. The minimum absolute atomic E-state index is 0.00716. The Kier molecular flexibility index (Phi) is 5.27. The van der Waals surface area contributed by atoms with Gasteiger partial charge in [-0.05, 0) is 32.0 Å². The van der Waals surface area contributed by atoms with Crippen molar-refractivity contribution in [2.45, 2.75) is 19.9 Å². The van der Waals surface area contributed by atoms with Gasteiger partial charge in [-0.25, -0.2) is 18.7 Å². The van der Waals surface area contributed by atoms with Crippen molar-refractivity contribution in [3.63, 3.8) is 0 Å². The Bertz CT molecular complexity index is 1050. The van der Waals surface area contributed by atoms with Crippen LogP contribution in [-0.2, 0) is 0 Å². The molecule has 0 amide bonds. The molecular weight excluding hydrogens is 398 g/mol. The van der Waals surface area contributed by atoms with Gasteiger partial charge in [0.2, 0.25) is 0 Å². The fourth-order valence-electron chi connectivity index (χ4n) is 3.81. The lowest BCUT2D eigenvalue weighted by Gasteiger charge is -2.37. The molecule has 3 aromatic rings. The van der Waals surface area contributed by atoms with E-state index in [4.69, 9.17) is 11.6 Å². The standard InChI is InChI=1S/C21H21ClF2N4O/c1-12(2)27-6-8-28(9-7-27)21-13-10-14(22)17(19(24)20(13)25-11-26-21)18-15(23)4-3-5-16(18)29/h3-5,10-12,29H,6-9H2,1-2H3. The Labute approximate surface area is 172 Å². The molecule has 0 aliphatic carbocycles. The zero-order chi connectivity index (χ0) is 20.7. The number of benzene rings is 2. The molecule has 1 aliphatic rings. The largest absolute Gasteiger partial charge is 0.507 e. The molecule has 1 N–H and O–H groups in total. The van der Waals surface area contributed by atoms with Gasteiger partial charge in [-0.2, -0.15) is 0 Å². The number of phenols is 1. The molecular formula is C21H21ClF2N4O. The van der Waals surface area contributed by atoms with E-state index in [-0.39, 0.29) is 27.4 Å². The predicted octanol–water partition coefficient (Wildman–Crippen LogP) is 4.46. The molecule has 1 aromatic heterocycles. The zero-order valence-corrected chi connectivity index (χ0v) is 16.9. The van der Waals surface area contributed by atoms with E-state index in [1.807, 2.05) is 0 Å². The van der Waals surface area contributed by atoms with E-state index >= 15 is 4.39 Å². The number of piperazine rings is 1. The second-order valence-electron chi connectivity index (χ2n) is 7.39. The summed E-state index contributed by atoms with van der Waals surface area (Å²) in [5.74, 6) is -1.32. The minimum atomic E-state index is -0.780. The van der Waals surface area contributed by atoms with Crippen LogP contribution in [0.1, 0.15) is 13.8 Å². The summed E-state index contributed by atoms with van der Waals surface area (Å²) in [6.45, 7) is 7.56. The summed E-state index contributed by atoms with van der Waals surface area (Å²) in [6.07, 6.45) is 1.30. The number of phenolic OH excluding ortho intramolecular Hbond substituents is 1. The van der Waals surface area contributed by atoms with Gasteiger partial charge in [0, 0.05) is 43.2 Å². The Morgan fingerprint density at radius 3 is 2.45 bits per heavy atom. The summed E-state index contributed by atoms with van der Waals surface area (Å²) in [6, 6.07) is 5.79. The average Bonchev–Trinajstić information content (AvgIpc) is 2.70. The van der Waals surface area contributed by atoms with Crippen LogP contribution in [0.5, 0.6) is 5.75 Å². The summed E-state index contributed by atoms with van der Waals surface area (Å²) in [5, 5.41) is 10.5. The lowest BCUT2D eigenvalue weighted by Crippen LogP contribution is -2.49. The highest BCUT2D eigenvalue weighted by Gasteiger charge is 2.25. The fourth-order valence-corrected chi connectivity index (χ4v) is 4.09. The van der Waals surface area contributed by atoms with Crippen LogP contribution < -0.4 is 4.90 Å². The molecule has 0 radical (unpaired) electrons. The molecule has 29 heavy (non-hydrogen) atoms. The van der Waals surface area contributed by atoms with Gasteiger partial charge >= 0.3 is 0 Å². The molecule has 0 saturated carbocycles. The van der Waals surface area contributed by atoms with Crippen molar-refractivity contribution < 1.29 is 13.9 Å². The summed E-state index contributed by atoms with van der Waals surface area (Å²) in [5.41, 5.74) is -0.435.